The third-order valence-electron chi connectivity index (χ3n) is 6.45. The van der Waals surface area contributed by atoms with Crippen LogP contribution >= 0.6 is 0 Å². The maximum absolute atomic E-state index is 13.9. The number of hydrogen-bond acceptors (Lipinski definition) is 6. The Labute approximate surface area is 216 Å². The monoisotopic (exact) mass is 495 g/mol. The number of pyridine rings is 1. The maximum Gasteiger partial charge on any atom is 0.340 e. The number of rotatable bonds is 7. The van der Waals surface area contributed by atoms with Crippen molar-refractivity contribution in [2.75, 3.05) is 25.5 Å². The first kappa shape index (κ1) is 24.5. The van der Waals surface area contributed by atoms with E-state index in [0.717, 1.165) is 35.1 Å². The third kappa shape index (κ3) is 5.17. The summed E-state index contributed by atoms with van der Waals surface area (Å²) in [6, 6.07) is 23.8. The summed E-state index contributed by atoms with van der Waals surface area (Å²) >= 11 is 0. The Morgan fingerprint density at radius 2 is 1.73 bits per heavy atom. The number of anilines is 1. The zero-order chi connectivity index (χ0) is 25.8. The highest BCUT2D eigenvalue weighted by molar-refractivity contribution is 6.06. The van der Waals surface area contributed by atoms with Crippen molar-refractivity contribution in [3.8, 4) is 5.75 Å². The normalized spacial score (nSPS) is 14.0. The van der Waals surface area contributed by atoms with Gasteiger partial charge in [-0.05, 0) is 32.2 Å². The summed E-state index contributed by atoms with van der Waals surface area (Å²) in [5.74, 6) is -0.461. The molecule has 4 aromatic rings. The van der Waals surface area contributed by atoms with Crippen LogP contribution in [0, 0.1) is 0 Å². The van der Waals surface area contributed by atoms with Crippen LogP contribution in [0.1, 0.15) is 40.2 Å². The molecule has 1 aromatic heterocycles. The fraction of sp³-hybridized carbons (Fsp3) is 0.233. The molecular formula is C30H29N3O4. The molecule has 1 unspecified atom stereocenters. The molecule has 0 saturated carbocycles. The predicted octanol–water partition coefficient (Wildman–Crippen LogP) is 5.16. The van der Waals surface area contributed by atoms with Gasteiger partial charge in [-0.15, -0.1) is 0 Å². The van der Waals surface area contributed by atoms with E-state index < -0.39 is 18.0 Å². The number of carbonyl (C=O) groups is 2. The SMILES string of the molecule is CCOc1ccccc1NC(=O)C(OC(=O)c1c2c(nc3ccccc13)CCN(C)C2)c1ccccc1. The van der Waals surface area contributed by atoms with E-state index in [2.05, 4.69) is 10.2 Å². The molecule has 1 aliphatic heterocycles. The Hall–Kier alpha value is -4.23. The molecule has 0 aliphatic carbocycles. The minimum Gasteiger partial charge on any atom is -0.492 e. The maximum atomic E-state index is 13.9. The fourth-order valence-electron chi connectivity index (χ4n) is 4.67. The molecule has 2 heterocycles. The lowest BCUT2D eigenvalue weighted by Gasteiger charge is -2.27. The van der Waals surface area contributed by atoms with Gasteiger partial charge >= 0.3 is 5.97 Å². The smallest absolute Gasteiger partial charge is 0.340 e. The number of hydrogen-bond donors (Lipinski definition) is 1. The molecule has 1 N–H and O–H groups in total. The van der Waals surface area contributed by atoms with E-state index >= 15 is 0 Å². The Morgan fingerprint density at radius 1 is 1.00 bits per heavy atom. The van der Waals surface area contributed by atoms with Crippen molar-refractivity contribution in [2.45, 2.75) is 26.0 Å². The second-order valence-corrected chi connectivity index (χ2v) is 9.03. The zero-order valence-corrected chi connectivity index (χ0v) is 20.9. The minimum atomic E-state index is -1.16. The summed E-state index contributed by atoms with van der Waals surface area (Å²) < 4.78 is 11.7. The highest BCUT2D eigenvalue weighted by Gasteiger charge is 2.31. The van der Waals surface area contributed by atoms with Crippen molar-refractivity contribution in [1.82, 2.24) is 9.88 Å². The number of nitrogens with one attached hydrogen (secondary N) is 1. The molecule has 7 heteroatoms. The molecule has 0 fully saturated rings. The molecule has 188 valence electrons. The third-order valence-corrected chi connectivity index (χ3v) is 6.45. The molecule has 1 aliphatic rings. The van der Waals surface area contributed by atoms with Gasteiger partial charge in [0.1, 0.15) is 5.75 Å². The summed E-state index contributed by atoms with van der Waals surface area (Å²) in [4.78, 5) is 34.4. The lowest BCUT2D eigenvalue weighted by Crippen LogP contribution is -2.31. The van der Waals surface area contributed by atoms with Gasteiger partial charge in [0, 0.05) is 41.7 Å². The summed E-state index contributed by atoms with van der Waals surface area (Å²) in [7, 11) is 2.02. The quantitative estimate of drug-likeness (QED) is 0.357. The van der Waals surface area contributed by atoms with Crippen LogP contribution in [0.4, 0.5) is 5.69 Å². The topological polar surface area (TPSA) is 80.8 Å². The van der Waals surface area contributed by atoms with Crippen molar-refractivity contribution in [3.05, 3.63) is 101 Å². The average molecular weight is 496 g/mol. The van der Waals surface area contributed by atoms with Gasteiger partial charge in [0.15, 0.2) is 0 Å². The lowest BCUT2D eigenvalue weighted by atomic mass is 9.96. The van der Waals surface area contributed by atoms with Gasteiger partial charge in [-0.1, -0.05) is 60.7 Å². The summed E-state index contributed by atoms with van der Waals surface area (Å²) in [6.07, 6.45) is -0.416. The van der Waals surface area contributed by atoms with Crippen LogP contribution in [-0.2, 0) is 22.5 Å². The van der Waals surface area contributed by atoms with Gasteiger partial charge in [-0.25, -0.2) is 4.79 Å². The van der Waals surface area contributed by atoms with Gasteiger partial charge in [0.25, 0.3) is 5.91 Å². The van der Waals surface area contributed by atoms with Gasteiger partial charge in [0.05, 0.1) is 23.4 Å². The first-order chi connectivity index (χ1) is 18.0. The van der Waals surface area contributed by atoms with Crippen LogP contribution in [0.5, 0.6) is 5.75 Å². The molecule has 0 radical (unpaired) electrons. The number of likely N-dealkylation sites (N-methyl/N-ethyl adjacent to an activating group) is 1. The van der Waals surface area contributed by atoms with E-state index in [0.29, 0.717) is 35.7 Å². The molecule has 0 spiro atoms. The minimum absolute atomic E-state index is 0.457. The molecule has 7 nitrogen and oxygen atoms in total. The largest absolute Gasteiger partial charge is 0.492 e. The van der Waals surface area contributed by atoms with E-state index in [1.54, 1.807) is 24.3 Å². The van der Waals surface area contributed by atoms with E-state index in [1.165, 1.54) is 0 Å². The Morgan fingerprint density at radius 3 is 2.54 bits per heavy atom. The Balaban J connectivity index is 1.53. The van der Waals surface area contributed by atoms with Crippen molar-refractivity contribution in [2.24, 2.45) is 0 Å². The van der Waals surface area contributed by atoms with Crippen LogP contribution in [0.3, 0.4) is 0 Å². The number of amides is 1. The first-order valence-corrected chi connectivity index (χ1v) is 12.4. The fourth-order valence-corrected chi connectivity index (χ4v) is 4.67. The van der Waals surface area contributed by atoms with Gasteiger partial charge in [0.2, 0.25) is 6.10 Å². The van der Waals surface area contributed by atoms with Crippen molar-refractivity contribution < 1.29 is 19.1 Å². The molecule has 0 bridgehead atoms. The molecule has 0 saturated heterocycles. The predicted molar refractivity (Wildman–Crippen MR) is 143 cm³/mol. The molecule has 3 aromatic carbocycles. The number of ether oxygens (including phenoxy) is 2. The Kier molecular flexibility index (Phi) is 7.14. The second kappa shape index (κ2) is 10.8. The van der Waals surface area contributed by atoms with Crippen LogP contribution in [0.2, 0.25) is 0 Å². The van der Waals surface area contributed by atoms with Crippen LogP contribution in [-0.4, -0.2) is 42.0 Å². The summed E-state index contributed by atoms with van der Waals surface area (Å²) in [5, 5.41) is 3.61. The molecule has 5 rings (SSSR count). The van der Waals surface area contributed by atoms with E-state index in [9.17, 15) is 9.59 Å². The molecule has 1 atom stereocenters. The summed E-state index contributed by atoms with van der Waals surface area (Å²) in [6.45, 7) is 3.78. The highest BCUT2D eigenvalue weighted by Crippen LogP contribution is 2.31. The number of benzene rings is 3. The number of nitrogens with zero attached hydrogens (tertiary/aromatic N) is 2. The summed E-state index contributed by atoms with van der Waals surface area (Å²) in [5.41, 5.74) is 4.05. The molecule has 37 heavy (non-hydrogen) atoms. The number of esters is 1. The Bertz CT molecular complexity index is 1440. The van der Waals surface area contributed by atoms with E-state index in [1.807, 2.05) is 68.6 Å². The van der Waals surface area contributed by atoms with Crippen molar-refractivity contribution in [3.63, 3.8) is 0 Å². The van der Waals surface area contributed by atoms with Gasteiger partial charge in [-0.3, -0.25) is 9.78 Å². The van der Waals surface area contributed by atoms with E-state index in [4.69, 9.17) is 14.5 Å². The zero-order valence-electron chi connectivity index (χ0n) is 20.9. The second-order valence-electron chi connectivity index (χ2n) is 9.03. The van der Waals surface area contributed by atoms with E-state index in [-0.39, 0.29) is 0 Å². The van der Waals surface area contributed by atoms with Crippen molar-refractivity contribution >= 4 is 28.5 Å². The lowest BCUT2D eigenvalue weighted by molar-refractivity contribution is -0.125. The van der Waals surface area contributed by atoms with Crippen LogP contribution in [0.15, 0.2) is 78.9 Å². The number of fused-ring (bicyclic) bond motifs is 2. The van der Waals surface area contributed by atoms with Crippen LogP contribution in [0.25, 0.3) is 10.9 Å². The molecule has 1 amide bonds. The van der Waals surface area contributed by atoms with Gasteiger partial charge in [-0.2, -0.15) is 0 Å². The average Bonchev–Trinajstić information content (AvgIpc) is 2.92. The number of para-hydroxylation sites is 3. The van der Waals surface area contributed by atoms with Crippen LogP contribution < -0.4 is 10.1 Å². The van der Waals surface area contributed by atoms with Crippen molar-refractivity contribution in [1.29, 1.82) is 0 Å². The van der Waals surface area contributed by atoms with Gasteiger partial charge < -0.3 is 19.7 Å². The number of aromatic nitrogens is 1. The highest BCUT2D eigenvalue weighted by atomic mass is 16.5. The first-order valence-electron chi connectivity index (χ1n) is 12.4. The number of carbonyl (C=O) groups excluding carboxylic acids is 2. The standard InChI is InChI=1S/C30H29N3O4/c1-3-36-26-16-10-9-15-25(26)32-29(34)28(20-11-5-4-6-12-20)37-30(35)27-21-13-7-8-14-23(21)31-24-17-18-33(2)19-22(24)27/h4-16,28H,3,17-19H2,1-2H3,(H,32,34). The molecular weight excluding hydrogens is 466 g/mol.